The molecular weight excluding hydrogens is 334 g/mol. The van der Waals surface area contributed by atoms with Crippen LogP contribution in [0.2, 0.25) is 5.02 Å². The molecule has 25 heavy (non-hydrogen) atoms. The van der Waals surface area contributed by atoms with E-state index in [1.165, 1.54) is 0 Å². The molecule has 0 aliphatic heterocycles. The Morgan fingerprint density at radius 3 is 2.04 bits per heavy atom. The van der Waals surface area contributed by atoms with E-state index in [1.807, 2.05) is 31.2 Å². The highest BCUT2D eigenvalue weighted by Crippen LogP contribution is 2.20. The number of carbonyl (C=O) groups is 1. The van der Waals surface area contributed by atoms with Gasteiger partial charge in [0, 0.05) is 11.1 Å². The van der Waals surface area contributed by atoms with Gasteiger partial charge in [0.1, 0.15) is 5.75 Å². The van der Waals surface area contributed by atoms with Gasteiger partial charge in [0.05, 0.1) is 16.3 Å². The topological polar surface area (TPSA) is 50.1 Å². The van der Waals surface area contributed by atoms with E-state index >= 15 is 0 Å². The lowest BCUT2D eigenvalue weighted by molar-refractivity contribution is 0.0735. The van der Waals surface area contributed by atoms with Gasteiger partial charge in [0.15, 0.2) is 0 Å². The number of esters is 1. The van der Waals surface area contributed by atoms with Crippen molar-refractivity contribution in [1.29, 1.82) is 5.41 Å². The molecule has 0 aromatic heterocycles. The molecule has 0 heterocycles. The van der Waals surface area contributed by atoms with Gasteiger partial charge in [-0.25, -0.2) is 4.79 Å². The first-order valence-corrected chi connectivity index (χ1v) is 8.15. The van der Waals surface area contributed by atoms with Crippen LogP contribution in [-0.4, -0.2) is 11.7 Å². The predicted molar refractivity (Wildman–Crippen MR) is 100.0 cm³/mol. The van der Waals surface area contributed by atoms with Crippen LogP contribution in [0, 0.1) is 12.3 Å². The van der Waals surface area contributed by atoms with E-state index in [0.717, 1.165) is 16.7 Å². The lowest BCUT2D eigenvalue weighted by atomic mass is 10.0. The van der Waals surface area contributed by atoms with Crippen LogP contribution in [0.5, 0.6) is 5.75 Å². The molecule has 0 atom stereocenters. The van der Waals surface area contributed by atoms with Crippen LogP contribution in [-0.2, 0) is 0 Å². The highest BCUT2D eigenvalue weighted by atomic mass is 35.5. The average Bonchev–Trinajstić information content (AvgIpc) is 2.63. The number of hydrogen-bond acceptors (Lipinski definition) is 3. The molecule has 0 amide bonds. The third kappa shape index (κ3) is 3.95. The minimum absolute atomic E-state index is 0.320. The third-order valence-corrected chi connectivity index (χ3v) is 4.12. The Hall–Kier alpha value is -2.91. The van der Waals surface area contributed by atoms with Crippen molar-refractivity contribution in [2.45, 2.75) is 6.92 Å². The number of benzene rings is 3. The van der Waals surface area contributed by atoms with Gasteiger partial charge in [0.25, 0.3) is 0 Å². The Bertz CT molecular complexity index is 915. The zero-order valence-corrected chi connectivity index (χ0v) is 14.4. The Labute approximate surface area is 151 Å². The van der Waals surface area contributed by atoms with Crippen molar-refractivity contribution in [2.24, 2.45) is 0 Å². The maximum atomic E-state index is 12.2. The molecule has 0 spiro atoms. The van der Waals surface area contributed by atoms with Crippen LogP contribution < -0.4 is 4.74 Å². The number of rotatable bonds is 4. The predicted octanol–water partition coefficient (Wildman–Crippen LogP) is 5.28. The zero-order valence-electron chi connectivity index (χ0n) is 13.6. The van der Waals surface area contributed by atoms with Gasteiger partial charge in [-0.05, 0) is 43.3 Å². The van der Waals surface area contributed by atoms with Crippen LogP contribution in [0.3, 0.4) is 0 Å². The van der Waals surface area contributed by atoms with Crippen LogP contribution in [0.4, 0.5) is 0 Å². The largest absolute Gasteiger partial charge is 0.423 e. The second-order valence-corrected chi connectivity index (χ2v) is 6.04. The first-order valence-electron chi connectivity index (χ1n) is 7.77. The molecule has 0 saturated carbocycles. The van der Waals surface area contributed by atoms with Gasteiger partial charge in [0.2, 0.25) is 0 Å². The summed E-state index contributed by atoms with van der Waals surface area (Å²) in [7, 11) is 0. The summed E-state index contributed by atoms with van der Waals surface area (Å²) < 4.78 is 5.34. The summed E-state index contributed by atoms with van der Waals surface area (Å²) in [5, 5.41) is 8.64. The molecule has 0 saturated heterocycles. The SMILES string of the molecule is Cc1ccc(C(=N)c2ccc(OC(=O)c3ccccc3Cl)cc2)cc1. The number of ether oxygens (including phenoxy) is 1. The van der Waals surface area contributed by atoms with Gasteiger partial charge >= 0.3 is 5.97 Å². The van der Waals surface area contributed by atoms with Crippen LogP contribution in [0.25, 0.3) is 0 Å². The number of halogens is 1. The molecule has 3 rings (SSSR count). The van der Waals surface area contributed by atoms with E-state index in [9.17, 15) is 4.79 Å². The lowest BCUT2D eigenvalue weighted by Gasteiger charge is -2.08. The lowest BCUT2D eigenvalue weighted by Crippen LogP contribution is -2.09. The fourth-order valence-electron chi connectivity index (χ4n) is 2.37. The minimum Gasteiger partial charge on any atom is -0.423 e. The van der Waals surface area contributed by atoms with E-state index in [0.29, 0.717) is 22.0 Å². The van der Waals surface area contributed by atoms with Gasteiger partial charge in [-0.2, -0.15) is 0 Å². The molecule has 0 bridgehead atoms. The van der Waals surface area contributed by atoms with Crippen molar-refractivity contribution in [1.82, 2.24) is 0 Å². The highest BCUT2D eigenvalue weighted by molar-refractivity contribution is 6.33. The molecular formula is C21H16ClNO2. The summed E-state index contributed by atoms with van der Waals surface area (Å²) in [5.41, 5.74) is 3.48. The van der Waals surface area contributed by atoms with Crippen molar-refractivity contribution in [3.8, 4) is 5.75 Å². The first kappa shape index (κ1) is 16.9. The summed E-state index contributed by atoms with van der Waals surface area (Å²) in [6.45, 7) is 2.01. The monoisotopic (exact) mass is 349 g/mol. The Balaban J connectivity index is 1.74. The molecule has 3 aromatic carbocycles. The molecule has 3 aromatic rings. The van der Waals surface area contributed by atoms with Crippen molar-refractivity contribution in [3.63, 3.8) is 0 Å². The van der Waals surface area contributed by atoms with Crippen molar-refractivity contribution >= 4 is 23.3 Å². The number of aryl methyl sites for hydroxylation is 1. The van der Waals surface area contributed by atoms with E-state index < -0.39 is 5.97 Å². The minimum atomic E-state index is -0.507. The fraction of sp³-hybridized carbons (Fsp3) is 0.0476. The first-order chi connectivity index (χ1) is 12.0. The fourth-order valence-corrected chi connectivity index (χ4v) is 2.58. The summed E-state index contributed by atoms with van der Waals surface area (Å²) in [4.78, 5) is 12.2. The Morgan fingerprint density at radius 1 is 0.880 bits per heavy atom. The summed E-state index contributed by atoms with van der Waals surface area (Å²) in [6.07, 6.45) is 0. The molecule has 0 aliphatic carbocycles. The molecule has 0 fully saturated rings. The third-order valence-electron chi connectivity index (χ3n) is 3.79. The van der Waals surface area contributed by atoms with Crippen molar-refractivity contribution in [3.05, 3.63) is 100 Å². The number of nitrogens with one attached hydrogen (secondary N) is 1. The van der Waals surface area contributed by atoms with Gasteiger partial charge in [-0.1, -0.05) is 53.6 Å². The molecule has 4 heteroatoms. The maximum Gasteiger partial charge on any atom is 0.345 e. The van der Waals surface area contributed by atoms with E-state index in [1.54, 1.807) is 48.5 Å². The molecule has 3 nitrogen and oxygen atoms in total. The van der Waals surface area contributed by atoms with E-state index in [-0.39, 0.29) is 0 Å². The van der Waals surface area contributed by atoms with Gasteiger partial charge in [-0.3, -0.25) is 5.41 Å². The molecule has 0 aliphatic rings. The standard InChI is InChI=1S/C21H16ClNO2/c1-14-6-8-15(9-7-14)20(23)16-10-12-17(13-11-16)25-21(24)18-4-2-3-5-19(18)22/h2-13,23H,1H3. The van der Waals surface area contributed by atoms with Crippen LogP contribution >= 0.6 is 11.6 Å². The zero-order chi connectivity index (χ0) is 17.8. The molecule has 0 unspecified atom stereocenters. The number of hydrogen-bond donors (Lipinski definition) is 1. The Morgan fingerprint density at radius 2 is 1.44 bits per heavy atom. The second-order valence-electron chi connectivity index (χ2n) is 5.63. The summed E-state index contributed by atoms with van der Waals surface area (Å²) >= 11 is 6.00. The van der Waals surface area contributed by atoms with Crippen LogP contribution in [0.15, 0.2) is 72.8 Å². The summed E-state index contributed by atoms with van der Waals surface area (Å²) in [6, 6.07) is 21.4. The molecule has 0 radical (unpaired) electrons. The van der Waals surface area contributed by atoms with Crippen LogP contribution in [0.1, 0.15) is 27.0 Å². The van der Waals surface area contributed by atoms with Crippen molar-refractivity contribution < 1.29 is 9.53 Å². The second kappa shape index (κ2) is 7.32. The van der Waals surface area contributed by atoms with Crippen molar-refractivity contribution in [2.75, 3.05) is 0 Å². The van der Waals surface area contributed by atoms with E-state index in [4.69, 9.17) is 21.7 Å². The summed E-state index contributed by atoms with van der Waals surface area (Å²) in [5.74, 6) is -0.0997. The smallest absolute Gasteiger partial charge is 0.345 e. The quantitative estimate of drug-likeness (QED) is 0.395. The number of carbonyl (C=O) groups excluding carboxylic acids is 1. The Kier molecular flexibility index (Phi) is 4.96. The average molecular weight is 350 g/mol. The van der Waals surface area contributed by atoms with Gasteiger partial charge in [-0.15, -0.1) is 0 Å². The normalized spacial score (nSPS) is 10.3. The highest BCUT2D eigenvalue weighted by Gasteiger charge is 2.12. The van der Waals surface area contributed by atoms with Gasteiger partial charge < -0.3 is 4.74 Å². The molecule has 1 N–H and O–H groups in total. The molecule has 124 valence electrons. The van der Waals surface area contributed by atoms with E-state index in [2.05, 4.69) is 0 Å². The maximum absolute atomic E-state index is 12.2.